The van der Waals surface area contributed by atoms with Gasteiger partial charge in [-0.25, -0.2) is 4.98 Å². The molecule has 2 N–H and O–H groups in total. The van der Waals surface area contributed by atoms with Crippen LogP contribution in [-0.2, 0) is 11.2 Å². The number of ether oxygens (including phenoxy) is 1. The zero-order valence-corrected chi connectivity index (χ0v) is 16.7. The fourth-order valence-corrected chi connectivity index (χ4v) is 3.81. The van der Waals surface area contributed by atoms with E-state index in [-0.39, 0.29) is 18.2 Å². The summed E-state index contributed by atoms with van der Waals surface area (Å²) in [6, 6.07) is 8.60. The quantitative estimate of drug-likeness (QED) is 0.579. The predicted molar refractivity (Wildman–Crippen MR) is 109 cm³/mol. The molecule has 0 aliphatic heterocycles. The maximum absolute atomic E-state index is 12.2. The number of methoxy groups -OCH3 is 1. The molecule has 0 saturated carbocycles. The van der Waals surface area contributed by atoms with Gasteiger partial charge in [-0.3, -0.25) is 14.9 Å². The fraction of sp³-hybridized carbons (Fsp3) is 0.167. The van der Waals surface area contributed by atoms with Crippen LogP contribution in [0.4, 0.5) is 10.8 Å². The number of thiophene rings is 1. The second-order valence-electron chi connectivity index (χ2n) is 5.47. The van der Waals surface area contributed by atoms with Crippen LogP contribution in [0.2, 0.25) is 5.02 Å². The average Bonchev–Trinajstić information content (AvgIpc) is 3.32. The lowest BCUT2D eigenvalue weighted by Crippen LogP contribution is -2.13. The molecule has 0 unspecified atom stereocenters. The number of anilines is 2. The fourth-order valence-electron chi connectivity index (χ4n) is 2.28. The van der Waals surface area contributed by atoms with E-state index >= 15 is 0 Å². The Bertz CT molecular complexity index is 941. The van der Waals surface area contributed by atoms with Crippen molar-refractivity contribution in [1.82, 2.24) is 4.98 Å². The Kier molecular flexibility index (Phi) is 6.44. The van der Waals surface area contributed by atoms with Gasteiger partial charge in [-0.1, -0.05) is 17.7 Å². The van der Waals surface area contributed by atoms with Crippen LogP contribution in [0.1, 0.15) is 21.8 Å². The summed E-state index contributed by atoms with van der Waals surface area (Å²) in [5.74, 6) is 0.185. The second kappa shape index (κ2) is 8.98. The molecule has 0 bridgehead atoms. The van der Waals surface area contributed by atoms with Crippen LogP contribution >= 0.6 is 34.3 Å². The summed E-state index contributed by atoms with van der Waals surface area (Å²) in [6.07, 6.45) is 0.706. The largest absolute Gasteiger partial charge is 0.495 e. The van der Waals surface area contributed by atoms with E-state index in [0.29, 0.717) is 32.9 Å². The van der Waals surface area contributed by atoms with E-state index in [4.69, 9.17) is 16.3 Å². The molecule has 6 nitrogen and oxygen atoms in total. The number of nitrogens with zero attached hydrogens (tertiary/aromatic N) is 1. The van der Waals surface area contributed by atoms with Gasteiger partial charge in [0, 0.05) is 16.8 Å². The van der Waals surface area contributed by atoms with Crippen molar-refractivity contribution in [3.63, 3.8) is 0 Å². The van der Waals surface area contributed by atoms with Gasteiger partial charge in [-0.2, -0.15) is 0 Å². The minimum Gasteiger partial charge on any atom is -0.495 e. The van der Waals surface area contributed by atoms with E-state index in [2.05, 4.69) is 15.6 Å². The van der Waals surface area contributed by atoms with Crippen LogP contribution in [0.5, 0.6) is 5.75 Å². The Labute approximate surface area is 169 Å². The van der Waals surface area contributed by atoms with E-state index in [1.807, 2.05) is 16.8 Å². The highest BCUT2D eigenvalue weighted by atomic mass is 35.5. The van der Waals surface area contributed by atoms with E-state index < -0.39 is 0 Å². The first-order valence-electron chi connectivity index (χ1n) is 7.98. The standard InChI is InChI=1S/C18H16ClN3O3S2/c1-25-14-6-4-11(19)9-13(14)21-16(23)7-5-12-10-27-18(20-12)22-17(24)15-3-2-8-26-15/h2-4,6,8-10H,5,7H2,1H3,(H,21,23)(H,20,22,24). The summed E-state index contributed by atoms with van der Waals surface area (Å²) in [6.45, 7) is 0. The number of carbonyl (C=O) groups excluding carboxylic acids is 2. The van der Waals surface area contributed by atoms with E-state index in [1.54, 1.807) is 24.3 Å². The van der Waals surface area contributed by atoms with Crippen LogP contribution in [-0.4, -0.2) is 23.9 Å². The number of aryl methyl sites for hydroxylation is 1. The highest BCUT2D eigenvalue weighted by molar-refractivity contribution is 7.14. The topological polar surface area (TPSA) is 80.3 Å². The van der Waals surface area contributed by atoms with Gasteiger partial charge >= 0.3 is 0 Å². The molecule has 0 spiro atoms. The number of hydrogen-bond acceptors (Lipinski definition) is 6. The van der Waals surface area contributed by atoms with E-state index in [0.717, 1.165) is 5.69 Å². The molecule has 9 heteroatoms. The van der Waals surface area contributed by atoms with Crippen molar-refractivity contribution in [2.24, 2.45) is 0 Å². The average molecular weight is 422 g/mol. The molecule has 0 radical (unpaired) electrons. The highest BCUT2D eigenvalue weighted by Crippen LogP contribution is 2.28. The van der Waals surface area contributed by atoms with Crippen molar-refractivity contribution in [1.29, 1.82) is 0 Å². The van der Waals surface area contributed by atoms with Gasteiger partial charge in [0.25, 0.3) is 5.91 Å². The minimum absolute atomic E-state index is 0.173. The smallest absolute Gasteiger partial charge is 0.267 e. The number of aromatic nitrogens is 1. The van der Waals surface area contributed by atoms with Crippen molar-refractivity contribution < 1.29 is 14.3 Å². The molecule has 0 aliphatic carbocycles. The van der Waals surface area contributed by atoms with Crippen LogP contribution in [0, 0.1) is 0 Å². The Morgan fingerprint density at radius 1 is 1.22 bits per heavy atom. The summed E-state index contributed by atoms with van der Waals surface area (Å²) >= 11 is 8.66. The Balaban J connectivity index is 1.53. The van der Waals surface area contributed by atoms with Gasteiger partial charge in [0.05, 0.1) is 23.4 Å². The molecular weight excluding hydrogens is 406 g/mol. The van der Waals surface area contributed by atoms with Gasteiger partial charge in [0.1, 0.15) is 5.75 Å². The first-order valence-corrected chi connectivity index (χ1v) is 10.1. The Morgan fingerprint density at radius 3 is 2.81 bits per heavy atom. The molecular formula is C18H16ClN3O3S2. The molecule has 1 aromatic carbocycles. The zero-order chi connectivity index (χ0) is 19.2. The van der Waals surface area contributed by atoms with Crippen LogP contribution in [0.25, 0.3) is 0 Å². The van der Waals surface area contributed by atoms with Crippen LogP contribution in [0.15, 0.2) is 41.1 Å². The normalized spacial score (nSPS) is 10.4. The van der Waals surface area contributed by atoms with Crippen LogP contribution < -0.4 is 15.4 Å². The van der Waals surface area contributed by atoms with Crippen molar-refractivity contribution in [3.8, 4) is 5.75 Å². The lowest BCUT2D eigenvalue weighted by Gasteiger charge is -2.10. The van der Waals surface area contributed by atoms with Crippen molar-refractivity contribution in [3.05, 3.63) is 56.7 Å². The lowest BCUT2D eigenvalue weighted by molar-refractivity contribution is -0.116. The highest BCUT2D eigenvalue weighted by Gasteiger charge is 2.12. The number of hydrogen-bond donors (Lipinski definition) is 2. The Hall–Kier alpha value is -2.42. The maximum atomic E-state index is 12.2. The van der Waals surface area contributed by atoms with Gasteiger partial charge in [-0.05, 0) is 36.1 Å². The number of carbonyl (C=O) groups is 2. The maximum Gasteiger partial charge on any atom is 0.267 e. The number of rotatable bonds is 7. The predicted octanol–water partition coefficient (Wildman–Crippen LogP) is 4.69. The molecule has 3 aromatic rings. The molecule has 2 aromatic heterocycles. The van der Waals surface area contributed by atoms with Crippen LogP contribution in [0.3, 0.4) is 0 Å². The monoisotopic (exact) mass is 421 g/mol. The first-order chi connectivity index (χ1) is 13.0. The molecule has 140 valence electrons. The molecule has 0 fully saturated rings. The van der Waals surface area contributed by atoms with Gasteiger partial charge in [-0.15, -0.1) is 22.7 Å². The number of benzene rings is 1. The molecule has 0 aliphatic rings. The van der Waals surface area contributed by atoms with Gasteiger partial charge < -0.3 is 10.1 Å². The molecule has 0 atom stereocenters. The van der Waals surface area contributed by atoms with E-state index in [9.17, 15) is 9.59 Å². The molecule has 2 amide bonds. The number of halogens is 1. The van der Waals surface area contributed by atoms with Gasteiger partial charge in [0.2, 0.25) is 5.91 Å². The number of amides is 2. The summed E-state index contributed by atoms with van der Waals surface area (Å²) in [4.78, 5) is 29.2. The van der Waals surface area contributed by atoms with E-state index in [1.165, 1.54) is 29.8 Å². The molecule has 3 rings (SSSR count). The zero-order valence-electron chi connectivity index (χ0n) is 14.3. The SMILES string of the molecule is COc1ccc(Cl)cc1NC(=O)CCc1csc(NC(=O)c2cccs2)n1. The molecule has 2 heterocycles. The Morgan fingerprint density at radius 2 is 2.07 bits per heavy atom. The van der Waals surface area contributed by atoms with Crippen molar-refractivity contribution >= 4 is 56.9 Å². The number of thiazole rings is 1. The summed E-state index contributed by atoms with van der Waals surface area (Å²) < 4.78 is 5.21. The lowest BCUT2D eigenvalue weighted by atomic mass is 10.2. The summed E-state index contributed by atoms with van der Waals surface area (Å²) in [5, 5.41) is 10.2. The summed E-state index contributed by atoms with van der Waals surface area (Å²) in [5.41, 5.74) is 1.27. The molecule has 0 saturated heterocycles. The third-order valence-electron chi connectivity index (χ3n) is 3.56. The van der Waals surface area contributed by atoms with Gasteiger partial charge in [0.15, 0.2) is 5.13 Å². The third kappa shape index (κ3) is 5.29. The first kappa shape index (κ1) is 19.3. The van der Waals surface area contributed by atoms with Crippen molar-refractivity contribution in [2.45, 2.75) is 12.8 Å². The summed E-state index contributed by atoms with van der Waals surface area (Å²) in [7, 11) is 1.53. The minimum atomic E-state index is -0.184. The van der Waals surface area contributed by atoms with Crippen molar-refractivity contribution in [2.75, 3.05) is 17.7 Å². The second-order valence-corrected chi connectivity index (χ2v) is 7.71. The molecule has 27 heavy (non-hydrogen) atoms. The number of nitrogens with one attached hydrogen (secondary N) is 2. The third-order valence-corrected chi connectivity index (χ3v) is 5.47.